The van der Waals surface area contributed by atoms with Crippen LogP contribution in [0.3, 0.4) is 0 Å². The van der Waals surface area contributed by atoms with Gasteiger partial charge in [0.05, 0.1) is 12.2 Å². The minimum absolute atomic E-state index is 0.0304. The van der Waals surface area contributed by atoms with Crippen molar-refractivity contribution < 1.29 is 14.0 Å². The van der Waals surface area contributed by atoms with Gasteiger partial charge in [0, 0.05) is 32.1 Å². The van der Waals surface area contributed by atoms with E-state index >= 15 is 0 Å². The first-order valence-corrected chi connectivity index (χ1v) is 9.81. The Morgan fingerprint density at radius 2 is 1.93 bits per heavy atom. The van der Waals surface area contributed by atoms with Gasteiger partial charge in [-0.15, -0.1) is 0 Å². The Bertz CT molecular complexity index is 915. The number of amides is 2. The highest BCUT2D eigenvalue weighted by Gasteiger charge is 2.31. The SMILES string of the molecule is CC(=O)N1CCc2c(C(=O)N3CCC(c4cccc(F)c4C)CC3)n[nH]c2C1. The first-order valence-electron chi connectivity index (χ1n) is 9.81. The minimum Gasteiger partial charge on any atom is -0.337 e. The summed E-state index contributed by atoms with van der Waals surface area (Å²) in [5.74, 6) is 0.0850. The van der Waals surface area contributed by atoms with Crippen molar-refractivity contribution in [3.05, 3.63) is 52.1 Å². The van der Waals surface area contributed by atoms with Gasteiger partial charge in [-0.2, -0.15) is 5.10 Å². The van der Waals surface area contributed by atoms with Gasteiger partial charge in [0.2, 0.25) is 5.91 Å². The standard InChI is InChI=1S/C21H25FN4O2/c1-13-16(4-3-5-18(13)22)15-6-9-25(10-7-15)21(28)20-17-8-11-26(14(2)27)12-19(17)23-24-20/h3-5,15H,6-12H2,1-2H3,(H,23,24). The van der Waals surface area contributed by atoms with Crippen molar-refractivity contribution in [1.82, 2.24) is 20.0 Å². The molecule has 2 aliphatic rings. The number of carbonyl (C=O) groups excluding carboxylic acids is 2. The molecule has 1 aromatic carbocycles. The maximum absolute atomic E-state index is 13.9. The van der Waals surface area contributed by atoms with Crippen LogP contribution in [0.25, 0.3) is 0 Å². The summed E-state index contributed by atoms with van der Waals surface area (Å²) in [7, 11) is 0. The summed E-state index contributed by atoms with van der Waals surface area (Å²) in [5, 5.41) is 7.21. The Kier molecular flexibility index (Phi) is 4.91. The number of aromatic nitrogens is 2. The van der Waals surface area contributed by atoms with Crippen LogP contribution in [0.15, 0.2) is 18.2 Å². The molecule has 148 valence electrons. The van der Waals surface area contributed by atoms with E-state index in [1.54, 1.807) is 17.9 Å². The third-order valence-electron chi connectivity index (χ3n) is 6.11. The van der Waals surface area contributed by atoms with E-state index in [0.29, 0.717) is 43.9 Å². The molecule has 4 rings (SSSR count). The molecule has 1 fully saturated rings. The number of hydrogen-bond donors (Lipinski definition) is 1. The van der Waals surface area contributed by atoms with Crippen LogP contribution in [0.2, 0.25) is 0 Å². The van der Waals surface area contributed by atoms with Crippen molar-refractivity contribution in [1.29, 1.82) is 0 Å². The van der Waals surface area contributed by atoms with Gasteiger partial charge in [0.1, 0.15) is 5.82 Å². The smallest absolute Gasteiger partial charge is 0.274 e. The van der Waals surface area contributed by atoms with E-state index in [4.69, 9.17) is 0 Å². The number of nitrogens with zero attached hydrogens (tertiary/aromatic N) is 3. The topological polar surface area (TPSA) is 69.3 Å². The zero-order chi connectivity index (χ0) is 19.8. The van der Waals surface area contributed by atoms with Crippen LogP contribution in [0.5, 0.6) is 0 Å². The molecule has 0 saturated carbocycles. The maximum atomic E-state index is 13.9. The molecule has 3 heterocycles. The molecule has 28 heavy (non-hydrogen) atoms. The zero-order valence-corrected chi connectivity index (χ0v) is 16.3. The van der Waals surface area contributed by atoms with Crippen LogP contribution in [-0.4, -0.2) is 51.4 Å². The van der Waals surface area contributed by atoms with Crippen LogP contribution in [-0.2, 0) is 17.8 Å². The van der Waals surface area contributed by atoms with Crippen LogP contribution >= 0.6 is 0 Å². The molecule has 1 aromatic heterocycles. The highest BCUT2D eigenvalue weighted by molar-refractivity contribution is 5.94. The molecule has 2 aliphatic heterocycles. The third-order valence-corrected chi connectivity index (χ3v) is 6.11. The third kappa shape index (κ3) is 3.30. The molecule has 7 heteroatoms. The highest BCUT2D eigenvalue weighted by atomic mass is 19.1. The van der Waals surface area contributed by atoms with Gasteiger partial charge in [-0.3, -0.25) is 14.7 Å². The van der Waals surface area contributed by atoms with Gasteiger partial charge in [0.15, 0.2) is 5.69 Å². The molecule has 6 nitrogen and oxygen atoms in total. The second-order valence-corrected chi connectivity index (χ2v) is 7.74. The molecule has 2 amide bonds. The van der Waals surface area contributed by atoms with Crippen molar-refractivity contribution in [2.24, 2.45) is 0 Å². The number of H-pyrrole nitrogens is 1. The molecule has 0 bridgehead atoms. The number of benzene rings is 1. The fourth-order valence-electron chi connectivity index (χ4n) is 4.37. The number of piperidine rings is 1. The molecule has 0 atom stereocenters. The lowest BCUT2D eigenvalue weighted by atomic mass is 9.86. The predicted molar refractivity (Wildman–Crippen MR) is 102 cm³/mol. The van der Waals surface area contributed by atoms with Gasteiger partial charge >= 0.3 is 0 Å². The maximum Gasteiger partial charge on any atom is 0.274 e. The van der Waals surface area contributed by atoms with Crippen molar-refractivity contribution in [2.45, 2.75) is 45.6 Å². The summed E-state index contributed by atoms with van der Waals surface area (Å²) >= 11 is 0. The van der Waals surface area contributed by atoms with Gasteiger partial charge in [-0.25, -0.2) is 4.39 Å². The lowest BCUT2D eigenvalue weighted by molar-refractivity contribution is -0.129. The number of fused-ring (bicyclic) bond motifs is 1. The lowest BCUT2D eigenvalue weighted by Crippen LogP contribution is -2.39. The van der Waals surface area contributed by atoms with E-state index in [-0.39, 0.29) is 23.5 Å². The quantitative estimate of drug-likeness (QED) is 0.866. The van der Waals surface area contributed by atoms with E-state index in [9.17, 15) is 14.0 Å². The second-order valence-electron chi connectivity index (χ2n) is 7.74. The second kappa shape index (κ2) is 7.37. The Hall–Kier alpha value is -2.70. The first kappa shape index (κ1) is 18.7. The molecule has 0 radical (unpaired) electrons. The van der Waals surface area contributed by atoms with E-state index in [1.165, 1.54) is 6.07 Å². The molecular formula is C21H25FN4O2. The Labute approximate surface area is 163 Å². The van der Waals surface area contributed by atoms with Crippen molar-refractivity contribution in [2.75, 3.05) is 19.6 Å². The average Bonchev–Trinajstić information content (AvgIpc) is 3.13. The van der Waals surface area contributed by atoms with Crippen LogP contribution in [0.4, 0.5) is 4.39 Å². The number of nitrogens with one attached hydrogen (secondary N) is 1. The Morgan fingerprint density at radius 1 is 1.18 bits per heavy atom. The molecular weight excluding hydrogens is 359 g/mol. The first-order chi connectivity index (χ1) is 13.5. The monoisotopic (exact) mass is 384 g/mol. The number of likely N-dealkylation sites (tertiary alicyclic amines) is 1. The summed E-state index contributed by atoms with van der Waals surface area (Å²) in [6.45, 7) is 5.75. The molecule has 1 saturated heterocycles. The molecule has 1 N–H and O–H groups in total. The molecule has 0 aliphatic carbocycles. The lowest BCUT2D eigenvalue weighted by Gasteiger charge is -2.33. The van der Waals surface area contributed by atoms with E-state index in [2.05, 4.69) is 10.2 Å². The number of hydrogen-bond acceptors (Lipinski definition) is 3. The summed E-state index contributed by atoms with van der Waals surface area (Å²) in [5.41, 5.74) is 4.04. The molecule has 2 aromatic rings. The average molecular weight is 384 g/mol. The van der Waals surface area contributed by atoms with Gasteiger partial charge in [0.25, 0.3) is 5.91 Å². The van der Waals surface area contributed by atoms with Crippen LogP contribution < -0.4 is 0 Å². The fourth-order valence-corrected chi connectivity index (χ4v) is 4.37. The highest BCUT2D eigenvalue weighted by Crippen LogP contribution is 2.32. The van der Waals surface area contributed by atoms with Crippen LogP contribution in [0.1, 0.15) is 58.6 Å². The number of halogens is 1. The summed E-state index contributed by atoms with van der Waals surface area (Å²) < 4.78 is 13.9. The normalized spacial score (nSPS) is 17.5. The van der Waals surface area contributed by atoms with Crippen molar-refractivity contribution in [3.63, 3.8) is 0 Å². The summed E-state index contributed by atoms with van der Waals surface area (Å²) in [4.78, 5) is 28.2. The van der Waals surface area contributed by atoms with E-state index < -0.39 is 0 Å². The van der Waals surface area contributed by atoms with Crippen molar-refractivity contribution >= 4 is 11.8 Å². The Balaban J connectivity index is 1.44. The van der Waals surface area contributed by atoms with Crippen molar-refractivity contribution in [3.8, 4) is 0 Å². The van der Waals surface area contributed by atoms with Gasteiger partial charge in [-0.1, -0.05) is 12.1 Å². The summed E-state index contributed by atoms with van der Waals surface area (Å²) in [6.07, 6.45) is 2.28. The minimum atomic E-state index is -0.168. The van der Waals surface area contributed by atoms with E-state index in [1.807, 2.05) is 17.9 Å². The predicted octanol–water partition coefficient (Wildman–Crippen LogP) is 2.78. The van der Waals surface area contributed by atoms with Crippen LogP contribution in [0, 0.1) is 12.7 Å². The number of aromatic amines is 1. The number of rotatable bonds is 2. The van der Waals surface area contributed by atoms with Gasteiger partial charge < -0.3 is 9.80 Å². The Morgan fingerprint density at radius 3 is 2.64 bits per heavy atom. The molecule has 0 unspecified atom stereocenters. The fraction of sp³-hybridized carbons (Fsp3) is 0.476. The van der Waals surface area contributed by atoms with Gasteiger partial charge in [-0.05, 0) is 49.3 Å². The zero-order valence-electron chi connectivity index (χ0n) is 16.3. The number of carbonyl (C=O) groups is 2. The summed E-state index contributed by atoms with van der Waals surface area (Å²) in [6, 6.07) is 5.24. The van der Waals surface area contributed by atoms with E-state index in [0.717, 1.165) is 29.7 Å². The largest absolute Gasteiger partial charge is 0.337 e. The molecule has 0 spiro atoms.